The maximum absolute atomic E-state index is 12.1. The Bertz CT molecular complexity index is 386. The van der Waals surface area contributed by atoms with E-state index < -0.39 is 11.9 Å². The van der Waals surface area contributed by atoms with Crippen molar-refractivity contribution in [2.45, 2.75) is 44.6 Å². The number of hydrogen-bond donors (Lipinski definition) is 2. The zero-order valence-corrected chi connectivity index (χ0v) is 12.6. The molecule has 0 aromatic heterocycles. The number of nitrogens with one attached hydrogen (secondary N) is 1. The Kier molecular flexibility index (Phi) is 6.98. The number of urea groups is 1. The molecule has 2 amide bonds. The molecule has 7 heteroatoms. The number of ether oxygens (including phenoxy) is 1. The van der Waals surface area contributed by atoms with Gasteiger partial charge in [-0.25, -0.2) is 4.79 Å². The van der Waals surface area contributed by atoms with Crippen LogP contribution in [-0.2, 0) is 14.3 Å². The second-order valence-corrected chi connectivity index (χ2v) is 5.39. The number of carbonyl (C=O) groups is 3. The van der Waals surface area contributed by atoms with Crippen molar-refractivity contribution < 1.29 is 24.2 Å². The summed E-state index contributed by atoms with van der Waals surface area (Å²) in [6.45, 7) is 0.239. The van der Waals surface area contributed by atoms with Crippen molar-refractivity contribution in [2.24, 2.45) is 5.92 Å². The van der Waals surface area contributed by atoms with E-state index in [0.29, 0.717) is 12.8 Å². The zero-order valence-electron chi connectivity index (χ0n) is 12.6. The van der Waals surface area contributed by atoms with Gasteiger partial charge in [-0.2, -0.15) is 0 Å². The summed E-state index contributed by atoms with van der Waals surface area (Å²) in [6.07, 6.45) is 4.17. The van der Waals surface area contributed by atoms with Gasteiger partial charge in [-0.1, -0.05) is 19.3 Å². The predicted molar refractivity (Wildman–Crippen MR) is 75.8 cm³/mol. The number of carboxylic acid groups (broad SMARTS) is 1. The van der Waals surface area contributed by atoms with Crippen LogP contribution in [0, 0.1) is 5.92 Å². The average Bonchev–Trinajstić information content (AvgIpc) is 2.69. The highest BCUT2D eigenvalue weighted by atomic mass is 16.5. The highest BCUT2D eigenvalue weighted by Gasteiger charge is 2.31. The standard InChI is InChI=1S/C14H24N2O5/c1-16(9-8-12(17)21-2)14(20)15-11-7-5-3-4-6-10(11)13(18)19/h10-11H,3-9H2,1-2H3,(H,15,20)(H,18,19). The van der Waals surface area contributed by atoms with Crippen LogP contribution in [0.3, 0.4) is 0 Å². The fourth-order valence-corrected chi connectivity index (χ4v) is 2.51. The van der Waals surface area contributed by atoms with Gasteiger partial charge in [-0.05, 0) is 12.8 Å². The molecule has 0 aromatic carbocycles. The van der Waals surface area contributed by atoms with Crippen LogP contribution in [0.4, 0.5) is 4.79 Å². The minimum Gasteiger partial charge on any atom is -0.481 e. The van der Waals surface area contributed by atoms with Gasteiger partial charge in [0.15, 0.2) is 0 Å². The Morgan fingerprint density at radius 3 is 2.52 bits per heavy atom. The lowest BCUT2D eigenvalue weighted by atomic mass is 9.95. The first kappa shape index (κ1) is 17.3. The molecule has 120 valence electrons. The smallest absolute Gasteiger partial charge is 0.317 e. The van der Waals surface area contributed by atoms with E-state index in [4.69, 9.17) is 0 Å². The van der Waals surface area contributed by atoms with Crippen molar-refractivity contribution in [3.8, 4) is 0 Å². The summed E-state index contributed by atoms with van der Waals surface area (Å²) in [4.78, 5) is 35.8. The summed E-state index contributed by atoms with van der Waals surface area (Å²) < 4.78 is 4.52. The summed E-state index contributed by atoms with van der Waals surface area (Å²) in [6, 6.07) is -0.699. The number of hydrogen-bond acceptors (Lipinski definition) is 4. The molecule has 0 heterocycles. The lowest BCUT2D eigenvalue weighted by Gasteiger charge is -2.26. The molecule has 21 heavy (non-hydrogen) atoms. The number of carbonyl (C=O) groups excluding carboxylic acids is 2. The van der Waals surface area contributed by atoms with Gasteiger partial charge in [0.1, 0.15) is 0 Å². The van der Waals surface area contributed by atoms with E-state index in [9.17, 15) is 19.5 Å². The Morgan fingerprint density at radius 1 is 1.24 bits per heavy atom. The first-order chi connectivity index (χ1) is 9.95. The van der Waals surface area contributed by atoms with E-state index >= 15 is 0 Å². The summed E-state index contributed by atoms with van der Waals surface area (Å²) >= 11 is 0. The maximum atomic E-state index is 12.1. The van der Waals surface area contributed by atoms with E-state index in [2.05, 4.69) is 10.1 Å². The number of rotatable bonds is 5. The van der Waals surface area contributed by atoms with Crippen molar-refractivity contribution in [3.05, 3.63) is 0 Å². The third kappa shape index (κ3) is 5.61. The quantitative estimate of drug-likeness (QED) is 0.588. The van der Waals surface area contributed by atoms with Crippen LogP contribution in [0.1, 0.15) is 38.5 Å². The molecule has 0 spiro atoms. The molecule has 1 saturated carbocycles. The van der Waals surface area contributed by atoms with Crippen molar-refractivity contribution in [3.63, 3.8) is 0 Å². The number of nitrogens with zero attached hydrogens (tertiary/aromatic N) is 1. The number of amides is 2. The Hall–Kier alpha value is -1.79. The molecule has 1 rings (SSSR count). The Labute approximate surface area is 124 Å². The average molecular weight is 300 g/mol. The molecule has 0 radical (unpaired) electrons. The molecular formula is C14H24N2O5. The topological polar surface area (TPSA) is 95.9 Å². The minimum absolute atomic E-state index is 0.118. The molecule has 2 N–H and O–H groups in total. The molecule has 2 atom stereocenters. The molecular weight excluding hydrogens is 276 g/mol. The third-order valence-electron chi connectivity index (χ3n) is 3.87. The molecule has 0 bridgehead atoms. The maximum Gasteiger partial charge on any atom is 0.317 e. The second kappa shape index (κ2) is 8.49. The summed E-state index contributed by atoms with van der Waals surface area (Å²) in [5.41, 5.74) is 0. The van der Waals surface area contributed by atoms with Crippen LogP contribution >= 0.6 is 0 Å². The summed E-state index contributed by atoms with van der Waals surface area (Å²) in [5.74, 6) is -1.78. The highest BCUT2D eigenvalue weighted by molar-refractivity contribution is 5.77. The minimum atomic E-state index is -0.862. The van der Waals surface area contributed by atoms with Crippen LogP contribution in [0.2, 0.25) is 0 Å². The van der Waals surface area contributed by atoms with Gasteiger partial charge in [-0.3, -0.25) is 9.59 Å². The van der Waals surface area contributed by atoms with E-state index in [1.165, 1.54) is 12.0 Å². The Balaban J connectivity index is 2.53. The van der Waals surface area contributed by atoms with Crippen LogP contribution < -0.4 is 5.32 Å². The lowest BCUT2D eigenvalue weighted by Crippen LogP contribution is -2.48. The van der Waals surface area contributed by atoms with E-state index in [1.54, 1.807) is 7.05 Å². The molecule has 7 nitrogen and oxygen atoms in total. The van der Waals surface area contributed by atoms with Crippen molar-refractivity contribution in [2.75, 3.05) is 20.7 Å². The van der Waals surface area contributed by atoms with Gasteiger partial charge in [0.05, 0.1) is 19.4 Å². The van der Waals surface area contributed by atoms with Gasteiger partial charge in [-0.15, -0.1) is 0 Å². The molecule has 1 aliphatic carbocycles. The Morgan fingerprint density at radius 2 is 1.90 bits per heavy atom. The van der Waals surface area contributed by atoms with Crippen LogP contribution in [0.15, 0.2) is 0 Å². The van der Waals surface area contributed by atoms with E-state index in [-0.39, 0.29) is 31.0 Å². The van der Waals surface area contributed by atoms with E-state index in [1.807, 2.05) is 0 Å². The highest BCUT2D eigenvalue weighted by Crippen LogP contribution is 2.24. The number of carboxylic acids is 1. The normalized spacial score (nSPS) is 22.0. The molecule has 1 fully saturated rings. The van der Waals surface area contributed by atoms with Gasteiger partial charge in [0, 0.05) is 19.6 Å². The van der Waals surface area contributed by atoms with Crippen molar-refractivity contribution in [1.82, 2.24) is 10.2 Å². The molecule has 0 aliphatic heterocycles. The number of aliphatic carboxylic acids is 1. The third-order valence-corrected chi connectivity index (χ3v) is 3.87. The number of methoxy groups -OCH3 is 1. The predicted octanol–water partition coefficient (Wildman–Crippen LogP) is 1.22. The molecule has 0 aromatic rings. The van der Waals surface area contributed by atoms with Gasteiger partial charge in [0.25, 0.3) is 0 Å². The monoisotopic (exact) mass is 300 g/mol. The van der Waals surface area contributed by atoms with Crippen LogP contribution in [0.5, 0.6) is 0 Å². The van der Waals surface area contributed by atoms with E-state index in [0.717, 1.165) is 19.3 Å². The molecule has 2 unspecified atom stereocenters. The fraction of sp³-hybridized carbons (Fsp3) is 0.786. The van der Waals surface area contributed by atoms with Crippen molar-refractivity contribution >= 4 is 18.0 Å². The molecule has 1 aliphatic rings. The van der Waals surface area contributed by atoms with Gasteiger partial charge >= 0.3 is 18.0 Å². The first-order valence-electron chi connectivity index (χ1n) is 7.27. The fourth-order valence-electron chi connectivity index (χ4n) is 2.51. The molecule has 0 saturated heterocycles. The first-order valence-corrected chi connectivity index (χ1v) is 7.27. The number of esters is 1. The van der Waals surface area contributed by atoms with Crippen molar-refractivity contribution in [1.29, 1.82) is 0 Å². The lowest BCUT2D eigenvalue weighted by molar-refractivity contribution is -0.143. The summed E-state index contributed by atoms with van der Waals surface area (Å²) in [7, 11) is 2.87. The van der Waals surface area contributed by atoms with Gasteiger partial charge in [0.2, 0.25) is 0 Å². The SMILES string of the molecule is COC(=O)CCN(C)C(=O)NC1CCCCCC1C(=O)O. The zero-order chi connectivity index (χ0) is 15.8. The largest absolute Gasteiger partial charge is 0.481 e. The second-order valence-electron chi connectivity index (χ2n) is 5.39. The summed E-state index contributed by atoms with van der Waals surface area (Å²) in [5, 5.41) is 12.1. The van der Waals surface area contributed by atoms with Crippen LogP contribution in [0.25, 0.3) is 0 Å². The van der Waals surface area contributed by atoms with Gasteiger partial charge < -0.3 is 20.1 Å². The van der Waals surface area contributed by atoms with Crippen LogP contribution in [-0.4, -0.2) is 54.7 Å².